The molecular formula is C18H20F3N3O3S2. The Morgan fingerprint density at radius 3 is 2.28 bits per heavy atom. The molecule has 1 aromatic carbocycles. The van der Waals surface area contributed by atoms with Gasteiger partial charge in [-0.2, -0.15) is 17.5 Å². The van der Waals surface area contributed by atoms with Crippen LogP contribution in [-0.4, -0.2) is 56.3 Å². The highest BCUT2D eigenvalue weighted by Crippen LogP contribution is 2.30. The number of carbonyl (C=O) groups excluding carboxylic acids is 1. The van der Waals surface area contributed by atoms with Gasteiger partial charge in [0.1, 0.15) is 0 Å². The average Bonchev–Trinajstić information content (AvgIpc) is 3.20. The van der Waals surface area contributed by atoms with Crippen LogP contribution in [-0.2, 0) is 27.5 Å². The number of halogens is 3. The lowest BCUT2D eigenvalue weighted by Crippen LogP contribution is -2.50. The summed E-state index contributed by atoms with van der Waals surface area (Å²) in [5, 5.41) is 4.75. The summed E-state index contributed by atoms with van der Waals surface area (Å²) in [5.74, 6) is -0.141. The molecule has 6 nitrogen and oxygen atoms in total. The Morgan fingerprint density at radius 2 is 1.72 bits per heavy atom. The first-order chi connectivity index (χ1) is 13.7. The molecule has 1 fully saturated rings. The van der Waals surface area contributed by atoms with E-state index in [1.807, 2.05) is 22.4 Å². The van der Waals surface area contributed by atoms with Gasteiger partial charge < -0.3 is 5.32 Å². The van der Waals surface area contributed by atoms with Gasteiger partial charge >= 0.3 is 6.18 Å². The highest BCUT2D eigenvalue weighted by Gasteiger charge is 2.32. The quantitative estimate of drug-likeness (QED) is 0.738. The summed E-state index contributed by atoms with van der Waals surface area (Å²) >= 11 is 1.55. The third-order valence-electron chi connectivity index (χ3n) is 4.56. The molecular weight excluding hydrogens is 427 g/mol. The van der Waals surface area contributed by atoms with Crippen molar-refractivity contribution in [3.05, 3.63) is 52.2 Å². The lowest BCUT2D eigenvalue weighted by atomic mass is 10.2. The van der Waals surface area contributed by atoms with E-state index in [4.69, 9.17) is 0 Å². The first-order valence-electron chi connectivity index (χ1n) is 8.85. The summed E-state index contributed by atoms with van der Waals surface area (Å²) < 4.78 is 64.5. The monoisotopic (exact) mass is 447 g/mol. The van der Waals surface area contributed by atoms with Crippen molar-refractivity contribution < 1.29 is 26.4 Å². The number of thiophene rings is 1. The molecule has 1 aliphatic heterocycles. The van der Waals surface area contributed by atoms with Crippen LogP contribution in [0.4, 0.5) is 13.2 Å². The van der Waals surface area contributed by atoms with Crippen LogP contribution >= 0.6 is 11.3 Å². The number of sulfonamides is 1. The fourth-order valence-electron chi connectivity index (χ4n) is 2.95. The second-order valence-corrected chi connectivity index (χ2v) is 9.53. The Balaban J connectivity index is 1.52. The van der Waals surface area contributed by atoms with Crippen molar-refractivity contribution in [1.29, 1.82) is 0 Å². The summed E-state index contributed by atoms with van der Waals surface area (Å²) in [4.78, 5) is 14.8. The predicted octanol–water partition coefficient (Wildman–Crippen LogP) is 2.39. The van der Waals surface area contributed by atoms with E-state index in [-0.39, 0.29) is 30.4 Å². The number of benzene rings is 1. The summed E-state index contributed by atoms with van der Waals surface area (Å²) in [7, 11) is -3.88. The molecule has 0 radical (unpaired) electrons. The van der Waals surface area contributed by atoms with E-state index in [2.05, 4.69) is 5.32 Å². The average molecular weight is 448 g/mol. The number of rotatable bonds is 6. The first kappa shape index (κ1) is 21.8. The normalized spacial score (nSPS) is 16.7. The van der Waals surface area contributed by atoms with Crippen molar-refractivity contribution in [2.24, 2.45) is 0 Å². The Kier molecular flexibility index (Phi) is 6.62. The van der Waals surface area contributed by atoms with E-state index in [1.165, 1.54) is 4.31 Å². The summed E-state index contributed by atoms with van der Waals surface area (Å²) in [6.07, 6.45) is -4.52. The zero-order valence-corrected chi connectivity index (χ0v) is 17.0. The minimum absolute atomic E-state index is 0.141. The Morgan fingerprint density at radius 1 is 1.07 bits per heavy atom. The first-order valence-corrected chi connectivity index (χ1v) is 11.2. The number of hydrogen-bond acceptors (Lipinski definition) is 5. The van der Waals surface area contributed by atoms with Gasteiger partial charge in [-0.05, 0) is 35.7 Å². The maximum atomic E-state index is 12.7. The Hall–Kier alpha value is -1.95. The van der Waals surface area contributed by atoms with Crippen LogP contribution in [0.1, 0.15) is 10.4 Å². The third kappa shape index (κ3) is 5.56. The van der Waals surface area contributed by atoms with Gasteiger partial charge in [0.15, 0.2) is 0 Å². The Bertz CT molecular complexity index is 922. The highest BCUT2D eigenvalue weighted by molar-refractivity contribution is 7.89. The predicted molar refractivity (Wildman–Crippen MR) is 103 cm³/mol. The van der Waals surface area contributed by atoms with Gasteiger partial charge in [-0.3, -0.25) is 9.69 Å². The fraction of sp³-hybridized carbons (Fsp3) is 0.389. The smallest absolute Gasteiger partial charge is 0.350 e. The van der Waals surface area contributed by atoms with E-state index in [1.54, 1.807) is 11.3 Å². The van der Waals surface area contributed by atoms with E-state index in [9.17, 15) is 26.4 Å². The second kappa shape index (κ2) is 8.82. The lowest BCUT2D eigenvalue weighted by molar-refractivity contribution is -0.137. The summed E-state index contributed by atoms with van der Waals surface area (Å²) in [5.41, 5.74) is -0.894. The van der Waals surface area contributed by atoms with Crippen molar-refractivity contribution in [2.45, 2.75) is 17.6 Å². The molecule has 2 aromatic rings. The van der Waals surface area contributed by atoms with E-state index in [0.717, 1.165) is 29.1 Å². The molecule has 0 unspecified atom stereocenters. The number of nitrogens with zero attached hydrogens (tertiary/aromatic N) is 2. The van der Waals surface area contributed by atoms with Gasteiger partial charge in [0.25, 0.3) is 0 Å². The van der Waals surface area contributed by atoms with Crippen LogP contribution in [0, 0.1) is 0 Å². The van der Waals surface area contributed by atoms with Crippen molar-refractivity contribution in [3.8, 4) is 0 Å². The molecule has 158 valence electrons. The van der Waals surface area contributed by atoms with Crippen LogP contribution in [0.2, 0.25) is 0 Å². The van der Waals surface area contributed by atoms with Gasteiger partial charge in [-0.25, -0.2) is 8.42 Å². The van der Waals surface area contributed by atoms with Crippen LogP contribution in [0.25, 0.3) is 0 Å². The van der Waals surface area contributed by atoms with Crippen molar-refractivity contribution in [3.63, 3.8) is 0 Å². The van der Waals surface area contributed by atoms with Gasteiger partial charge in [0.2, 0.25) is 15.9 Å². The zero-order valence-electron chi connectivity index (χ0n) is 15.4. The zero-order chi connectivity index (χ0) is 21.1. The fourth-order valence-corrected chi connectivity index (χ4v) is 5.02. The second-order valence-electron chi connectivity index (χ2n) is 6.56. The largest absolute Gasteiger partial charge is 0.416 e. The summed E-state index contributed by atoms with van der Waals surface area (Å²) in [6.45, 7) is 1.69. The maximum absolute atomic E-state index is 12.7. The van der Waals surface area contributed by atoms with Crippen LogP contribution in [0.3, 0.4) is 0 Å². The molecule has 2 heterocycles. The highest BCUT2D eigenvalue weighted by atomic mass is 32.2. The standard InChI is InChI=1S/C18H20F3N3O3S2/c19-18(20,21)14-3-5-16(6-4-14)29(26,27)24-9-7-23(8-10-24)13-17(25)22-12-15-2-1-11-28-15/h1-6,11H,7-10,12-13H2,(H,22,25). The number of amides is 1. The molecule has 0 spiro atoms. The number of alkyl halides is 3. The SMILES string of the molecule is O=C(CN1CCN(S(=O)(=O)c2ccc(C(F)(F)F)cc2)CC1)NCc1cccs1. The van der Waals surface area contributed by atoms with Gasteiger partial charge in [0, 0.05) is 31.1 Å². The molecule has 1 amide bonds. The molecule has 0 bridgehead atoms. The molecule has 11 heteroatoms. The van der Waals surface area contributed by atoms with Crippen LogP contribution in [0.15, 0.2) is 46.7 Å². The van der Waals surface area contributed by atoms with Crippen molar-refractivity contribution >= 4 is 27.3 Å². The minimum atomic E-state index is -4.52. The molecule has 3 rings (SSSR count). The van der Waals surface area contributed by atoms with Gasteiger partial charge in [0.05, 0.1) is 23.5 Å². The molecule has 1 saturated heterocycles. The van der Waals surface area contributed by atoms with Crippen LogP contribution < -0.4 is 5.32 Å². The third-order valence-corrected chi connectivity index (χ3v) is 7.35. The number of hydrogen-bond donors (Lipinski definition) is 1. The molecule has 0 saturated carbocycles. The number of nitrogens with one attached hydrogen (secondary N) is 1. The van der Waals surface area contributed by atoms with Gasteiger partial charge in [-0.15, -0.1) is 11.3 Å². The molecule has 1 aliphatic rings. The van der Waals surface area contributed by atoms with Crippen molar-refractivity contribution in [2.75, 3.05) is 32.7 Å². The Labute approximate surface area is 171 Å². The molecule has 1 N–H and O–H groups in total. The maximum Gasteiger partial charge on any atom is 0.416 e. The topological polar surface area (TPSA) is 69.7 Å². The molecule has 1 aromatic heterocycles. The number of carbonyl (C=O) groups is 1. The van der Waals surface area contributed by atoms with E-state index >= 15 is 0 Å². The molecule has 29 heavy (non-hydrogen) atoms. The van der Waals surface area contributed by atoms with E-state index in [0.29, 0.717) is 19.6 Å². The van der Waals surface area contributed by atoms with Gasteiger partial charge in [-0.1, -0.05) is 6.07 Å². The minimum Gasteiger partial charge on any atom is -0.350 e. The number of piperazine rings is 1. The summed E-state index contributed by atoms with van der Waals surface area (Å²) in [6, 6.07) is 7.31. The lowest BCUT2D eigenvalue weighted by Gasteiger charge is -2.33. The molecule has 0 aliphatic carbocycles. The molecule has 0 atom stereocenters. The van der Waals surface area contributed by atoms with E-state index < -0.39 is 21.8 Å². The van der Waals surface area contributed by atoms with Crippen molar-refractivity contribution in [1.82, 2.24) is 14.5 Å². The van der Waals surface area contributed by atoms with Crippen LogP contribution in [0.5, 0.6) is 0 Å².